The Hall–Kier alpha value is -3.93. The Balaban J connectivity index is 1.44. The number of halogens is 4. The minimum absolute atomic E-state index is 0.0693. The van der Waals surface area contributed by atoms with Gasteiger partial charge in [0.25, 0.3) is 11.8 Å². The molecule has 0 bridgehead atoms. The van der Waals surface area contributed by atoms with Crippen LogP contribution in [0.5, 0.6) is 0 Å². The van der Waals surface area contributed by atoms with E-state index in [9.17, 15) is 22.4 Å². The Morgan fingerprint density at radius 1 is 1.16 bits per heavy atom. The summed E-state index contributed by atoms with van der Waals surface area (Å²) in [5.74, 6) is -0.361. The van der Waals surface area contributed by atoms with E-state index in [2.05, 4.69) is 20.8 Å². The van der Waals surface area contributed by atoms with Crippen LogP contribution in [0.4, 0.5) is 23.2 Å². The lowest BCUT2D eigenvalue weighted by Gasteiger charge is -2.33. The van der Waals surface area contributed by atoms with Crippen molar-refractivity contribution in [2.45, 2.75) is 37.9 Å². The van der Waals surface area contributed by atoms with E-state index in [1.807, 2.05) is 11.9 Å². The predicted molar refractivity (Wildman–Crippen MR) is 133 cm³/mol. The molecule has 12 heteroatoms. The molecule has 0 radical (unpaired) electrons. The van der Waals surface area contributed by atoms with Crippen molar-refractivity contribution in [2.75, 3.05) is 25.5 Å². The Bertz CT molecular complexity index is 1420. The van der Waals surface area contributed by atoms with Crippen LogP contribution in [0.3, 0.4) is 0 Å². The number of aromatic nitrogens is 3. The van der Waals surface area contributed by atoms with Crippen molar-refractivity contribution in [2.24, 2.45) is 0 Å². The highest BCUT2D eigenvalue weighted by Gasteiger charge is 2.32. The van der Waals surface area contributed by atoms with Gasteiger partial charge in [0, 0.05) is 29.7 Å². The summed E-state index contributed by atoms with van der Waals surface area (Å²) in [5, 5.41) is 10.2. The Labute approximate surface area is 215 Å². The molecular weight excluding hydrogens is 504 g/mol. The first-order valence-corrected chi connectivity index (χ1v) is 12.1. The topological polar surface area (TPSA) is 88.2 Å². The summed E-state index contributed by atoms with van der Waals surface area (Å²) in [6.45, 7) is -0.366. The molecule has 2 aromatic carbocycles. The molecule has 38 heavy (non-hydrogen) atoms. The molecule has 8 nitrogen and oxygen atoms in total. The molecule has 5 rings (SSSR count). The number of carbonyl (C=O) groups is 1. The third kappa shape index (κ3) is 5.64. The zero-order valence-corrected chi connectivity index (χ0v) is 20.5. The molecule has 1 saturated heterocycles. The number of piperidine rings is 1. The van der Waals surface area contributed by atoms with E-state index in [0.717, 1.165) is 4.57 Å². The molecule has 1 amide bonds. The number of rotatable bonds is 7. The summed E-state index contributed by atoms with van der Waals surface area (Å²) in [5.41, 5.74) is 1.33. The number of anilines is 1. The molecule has 1 aliphatic heterocycles. The molecule has 0 unspecified atom stereocenters. The lowest BCUT2D eigenvalue weighted by Crippen LogP contribution is -2.46. The van der Waals surface area contributed by atoms with E-state index >= 15 is 0 Å². The third-order valence-corrected chi connectivity index (χ3v) is 6.50. The van der Waals surface area contributed by atoms with Crippen LogP contribution in [0.2, 0.25) is 0 Å². The first-order valence-electron chi connectivity index (χ1n) is 12.1. The summed E-state index contributed by atoms with van der Waals surface area (Å²) < 4.78 is 61.8. The lowest BCUT2D eigenvalue weighted by molar-refractivity contribution is -0.139. The van der Waals surface area contributed by atoms with Crippen molar-refractivity contribution >= 4 is 22.5 Å². The van der Waals surface area contributed by atoms with Gasteiger partial charge in [-0.15, -0.1) is 0 Å². The van der Waals surface area contributed by atoms with Crippen LogP contribution in [0.25, 0.3) is 22.5 Å². The van der Waals surface area contributed by atoms with E-state index in [4.69, 9.17) is 4.52 Å². The molecule has 2 atom stereocenters. The summed E-state index contributed by atoms with van der Waals surface area (Å²) in [7, 11) is 1.85. The van der Waals surface area contributed by atoms with Gasteiger partial charge in [-0.1, -0.05) is 29.4 Å². The van der Waals surface area contributed by atoms with Gasteiger partial charge in [-0.2, -0.15) is 18.2 Å². The second-order valence-electron chi connectivity index (χ2n) is 9.35. The standard InChI is InChI=1S/C26H26F4N6O2/c1-35-11-10-20(18(27)14-35)32-19-8-5-9-21-17(19)12-22(36(21)15-26(28,29)30)25-33-23(34-38-25)13-31-24(37)16-6-3-2-4-7-16/h2-9,12,18,20,32H,10-11,13-15H2,1H3,(H,31,37)/t18-,20+/m1/s1. The van der Waals surface area contributed by atoms with Gasteiger partial charge in [0.2, 0.25) is 0 Å². The summed E-state index contributed by atoms with van der Waals surface area (Å²) in [4.78, 5) is 18.4. The van der Waals surface area contributed by atoms with Gasteiger partial charge in [0.1, 0.15) is 18.4 Å². The monoisotopic (exact) mass is 530 g/mol. The number of hydrogen-bond donors (Lipinski definition) is 2. The SMILES string of the molecule is CN1CC[C@H](Nc2cccc3c2cc(-c2nc(CNC(=O)c4ccccc4)no2)n3CC(F)(F)F)[C@H](F)C1. The molecule has 0 saturated carbocycles. The third-order valence-electron chi connectivity index (χ3n) is 6.50. The van der Waals surface area contributed by atoms with Crippen molar-refractivity contribution < 1.29 is 26.9 Å². The Morgan fingerprint density at radius 3 is 2.68 bits per heavy atom. The van der Waals surface area contributed by atoms with Crippen molar-refractivity contribution in [3.05, 3.63) is 66.0 Å². The highest BCUT2D eigenvalue weighted by Crippen LogP contribution is 2.35. The predicted octanol–water partition coefficient (Wildman–Crippen LogP) is 4.64. The van der Waals surface area contributed by atoms with Gasteiger partial charge < -0.3 is 24.6 Å². The zero-order chi connectivity index (χ0) is 26.9. The molecule has 200 valence electrons. The van der Waals surface area contributed by atoms with Gasteiger partial charge in [0.15, 0.2) is 5.82 Å². The largest absolute Gasteiger partial charge is 0.406 e. The zero-order valence-electron chi connectivity index (χ0n) is 20.5. The average molecular weight is 531 g/mol. The number of nitrogens with zero attached hydrogens (tertiary/aromatic N) is 4. The second-order valence-corrected chi connectivity index (χ2v) is 9.35. The molecule has 2 N–H and O–H groups in total. The van der Waals surface area contributed by atoms with Gasteiger partial charge in [-0.25, -0.2) is 4.39 Å². The first-order chi connectivity index (χ1) is 18.2. The fourth-order valence-electron chi connectivity index (χ4n) is 4.64. The maximum Gasteiger partial charge on any atom is 0.406 e. The fourth-order valence-corrected chi connectivity index (χ4v) is 4.64. The van der Waals surface area contributed by atoms with Crippen LogP contribution in [-0.2, 0) is 13.1 Å². The highest BCUT2D eigenvalue weighted by atomic mass is 19.4. The second kappa shape index (κ2) is 10.4. The van der Waals surface area contributed by atoms with Gasteiger partial charge in [-0.3, -0.25) is 4.79 Å². The van der Waals surface area contributed by atoms with Crippen molar-refractivity contribution in [3.8, 4) is 11.6 Å². The van der Waals surface area contributed by atoms with Crippen molar-refractivity contribution in [3.63, 3.8) is 0 Å². The number of carbonyl (C=O) groups excluding carboxylic acids is 1. The Morgan fingerprint density at radius 2 is 1.95 bits per heavy atom. The van der Waals surface area contributed by atoms with Crippen LogP contribution < -0.4 is 10.6 Å². The summed E-state index contributed by atoms with van der Waals surface area (Å²) in [6, 6.07) is 14.5. The average Bonchev–Trinajstić information content (AvgIpc) is 3.49. The normalized spacial score (nSPS) is 18.6. The smallest absolute Gasteiger partial charge is 0.379 e. The van der Waals surface area contributed by atoms with Crippen molar-refractivity contribution in [1.29, 1.82) is 0 Å². The molecule has 3 heterocycles. The van der Waals surface area contributed by atoms with Gasteiger partial charge in [-0.05, 0) is 43.8 Å². The van der Waals surface area contributed by atoms with E-state index in [1.54, 1.807) is 48.5 Å². The van der Waals surface area contributed by atoms with E-state index in [0.29, 0.717) is 35.1 Å². The number of likely N-dealkylation sites (tertiary alicyclic amines) is 1. The van der Waals surface area contributed by atoms with E-state index in [1.165, 1.54) is 6.07 Å². The molecule has 0 aliphatic carbocycles. The molecular formula is C26H26F4N6O2. The molecule has 1 fully saturated rings. The Kier molecular flexibility index (Phi) is 7.06. The molecule has 0 spiro atoms. The number of nitrogens with one attached hydrogen (secondary N) is 2. The minimum Gasteiger partial charge on any atom is -0.379 e. The maximum atomic E-state index is 14.7. The van der Waals surface area contributed by atoms with E-state index < -0.39 is 24.9 Å². The summed E-state index contributed by atoms with van der Waals surface area (Å²) in [6.07, 6.45) is -5.08. The molecule has 1 aliphatic rings. The van der Waals surface area contributed by atoms with E-state index in [-0.39, 0.29) is 36.4 Å². The minimum atomic E-state index is -4.52. The van der Waals surface area contributed by atoms with Crippen LogP contribution >= 0.6 is 0 Å². The first kappa shape index (κ1) is 25.7. The molecule has 4 aromatic rings. The summed E-state index contributed by atoms with van der Waals surface area (Å²) >= 11 is 0. The van der Waals surface area contributed by atoms with Crippen LogP contribution in [0, 0.1) is 0 Å². The lowest BCUT2D eigenvalue weighted by atomic mass is 10.0. The quantitative estimate of drug-likeness (QED) is 0.339. The highest BCUT2D eigenvalue weighted by molar-refractivity contribution is 5.96. The number of benzene rings is 2. The number of hydrogen-bond acceptors (Lipinski definition) is 6. The van der Waals surface area contributed by atoms with Crippen LogP contribution in [0.1, 0.15) is 22.6 Å². The van der Waals surface area contributed by atoms with Gasteiger partial charge in [0.05, 0.1) is 18.1 Å². The number of fused-ring (bicyclic) bond motifs is 1. The van der Waals surface area contributed by atoms with Crippen molar-refractivity contribution in [1.82, 2.24) is 24.9 Å². The number of amides is 1. The maximum absolute atomic E-state index is 14.7. The molecule has 2 aromatic heterocycles. The number of alkyl halides is 4. The fraction of sp³-hybridized carbons (Fsp3) is 0.346. The van der Waals surface area contributed by atoms with Crippen LogP contribution in [-0.4, -0.2) is 64.0 Å². The van der Waals surface area contributed by atoms with Crippen LogP contribution in [0.15, 0.2) is 59.1 Å². The van der Waals surface area contributed by atoms with Gasteiger partial charge >= 0.3 is 6.18 Å².